The topological polar surface area (TPSA) is 3.24 Å². The van der Waals surface area contributed by atoms with Gasteiger partial charge in [-0.25, -0.2) is 0 Å². The first kappa shape index (κ1) is 16.7. The molecule has 0 saturated carbocycles. The van der Waals surface area contributed by atoms with Gasteiger partial charge < -0.3 is 0 Å². The Morgan fingerprint density at radius 1 is 1.00 bits per heavy atom. The van der Waals surface area contributed by atoms with Crippen LogP contribution in [0.4, 0.5) is 0 Å². The fraction of sp³-hybridized carbons (Fsp3) is 0.474. The minimum Gasteiger partial charge on any atom is -0.296 e. The minimum absolute atomic E-state index is 0.608. The molecular weight excluding hydrogens is 242 g/mol. The first-order valence-corrected chi connectivity index (χ1v) is 7.59. The van der Waals surface area contributed by atoms with Crippen LogP contribution in [0.15, 0.2) is 49.6 Å². The summed E-state index contributed by atoms with van der Waals surface area (Å²) in [5.41, 5.74) is 2.85. The maximum absolute atomic E-state index is 3.82. The molecule has 1 rings (SSSR count). The monoisotopic (exact) mass is 271 g/mol. The van der Waals surface area contributed by atoms with E-state index in [4.69, 9.17) is 0 Å². The normalized spacial score (nSPS) is 12.7. The summed E-state index contributed by atoms with van der Waals surface area (Å²) in [7, 11) is 0. The summed E-state index contributed by atoms with van der Waals surface area (Å²) in [5.74, 6) is 1.25. The first-order valence-electron chi connectivity index (χ1n) is 7.59. The van der Waals surface area contributed by atoms with E-state index in [0.717, 1.165) is 26.1 Å². The molecule has 1 unspecified atom stereocenters. The quantitative estimate of drug-likeness (QED) is 0.590. The zero-order chi connectivity index (χ0) is 15.0. The molecule has 0 aliphatic heterocycles. The molecule has 20 heavy (non-hydrogen) atoms. The van der Waals surface area contributed by atoms with Gasteiger partial charge in [0.2, 0.25) is 0 Å². The number of hydrogen-bond acceptors (Lipinski definition) is 1. The highest BCUT2D eigenvalue weighted by Crippen LogP contribution is 2.17. The maximum Gasteiger partial charge on any atom is 0.0164 e. The molecular formula is C19H29N. The van der Waals surface area contributed by atoms with Crippen molar-refractivity contribution in [3.63, 3.8) is 0 Å². The van der Waals surface area contributed by atoms with Crippen LogP contribution in [0.1, 0.15) is 37.8 Å². The van der Waals surface area contributed by atoms with Crippen molar-refractivity contribution in [3.8, 4) is 0 Å². The van der Waals surface area contributed by atoms with Crippen LogP contribution in [-0.2, 0) is 6.42 Å². The highest BCUT2D eigenvalue weighted by atomic mass is 15.1. The molecule has 0 radical (unpaired) electrons. The third-order valence-corrected chi connectivity index (χ3v) is 3.58. The molecule has 0 fully saturated rings. The van der Waals surface area contributed by atoms with E-state index in [0.29, 0.717) is 11.8 Å². The van der Waals surface area contributed by atoms with E-state index in [1.54, 1.807) is 0 Å². The smallest absolute Gasteiger partial charge is 0.0164 e. The average molecular weight is 271 g/mol. The molecule has 1 nitrogen and oxygen atoms in total. The van der Waals surface area contributed by atoms with E-state index < -0.39 is 0 Å². The summed E-state index contributed by atoms with van der Waals surface area (Å²) in [4.78, 5) is 2.38. The van der Waals surface area contributed by atoms with Gasteiger partial charge in [-0.3, -0.25) is 4.90 Å². The Balaban J connectivity index is 2.53. The number of benzene rings is 1. The van der Waals surface area contributed by atoms with Gasteiger partial charge in [0.1, 0.15) is 0 Å². The highest BCUT2D eigenvalue weighted by Gasteiger charge is 2.09. The van der Waals surface area contributed by atoms with Crippen LogP contribution < -0.4 is 0 Å². The van der Waals surface area contributed by atoms with Gasteiger partial charge in [0.15, 0.2) is 0 Å². The van der Waals surface area contributed by atoms with Gasteiger partial charge in [-0.15, -0.1) is 13.2 Å². The molecule has 0 aliphatic carbocycles. The number of nitrogens with zero attached hydrogens (tertiary/aromatic N) is 1. The molecule has 0 aromatic heterocycles. The fourth-order valence-electron chi connectivity index (χ4n) is 2.54. The summed E-state index contributed by atoms with van der Waals surface area (Å²) >= 11 is 0. The molecule has 0 bridgehead atoms. The van der Waals surface area contributed by atoms with Crippen LogP contribution in [0.5, 0.6) is 0 Å². The van der Waals surface area contributed by atoms with Crippen molar-refractivity contribution in [3.05, 3.63) is 60.7 Å². The molecule has 1 atom stereocenters. The van der Waals surface area contributed by atoms with E-state index in [1.165, 1.54) is 11.1 Å². The Bertz CT molecular complexity index is 392. The highest BCUT2D eigenvalue weighted by molar-refractivity contribution is 5.24. The molecule has 110 valence electrons. The van der Waals surface area contributed by atoms with Crippen molar-refractivity contribution in [2.75, 3.05) is 19.6 Å². The third-order valence-electron chi connectivity index (χ3n) is 3.58. The van der Waals surface area contributed by atoms with Crippen LogP contribution in [0.25, 0.3) is 0 Å². The van der Waals surface area contributed by atoms with Crippen molar-refractivity contribution < 1.29 is 0 Å². The fourth-order valence-corrected chi connectivity index (χ4v) is 2.54. The SMILES string of the molecule is C=CCN(CC=C)CC(C)Cc1ccc(C(C)C)cc1. The second-order valence-electron chi connectivity index (χ2n) is 6.00. The Kier molecular flexibility index (Phi) is 7.32. The molecule has 0 amide bonds. The Morgan fingerprint density at radius 2 is 1.55 bits per heavy atom. The van der Waals surface area contributed by atoms with Gasteiger partial charge in [0.05, 0.1) is 0 Å². The van der Waals surface area contributed by atoms with E-state index in [2.05, 4.69) is 63.1 Å². The average Bonchev–Trinajstić information content (AvgIpc) is 2.39. The molecule has 0 saturated heterocycles. The largest absolute Gasteiger partial charge is 0.296 e. The van der Waals surface area contributed by atoms with Crippen LogP contribution in [0, 0.1) is 5.92 Å². The van der Waals surface area contributed by atoms with Gasteiger partial charge in [-0.2, -0.15) is 0 Å². The van der Waals surface area contributed by atoms with Gasteiger partial charge >= 0.3 is 0 Å². The molecule has 1 heteroatoms. The standard InChI is InChI=1S/C19H29N/c1-6-12-20(13-7-2)15-17(5)14-18-8-10-19(11-9-18)16(3)4/h6-11,16-17H,1-2,12-15H2,3-5H3. The summed E-state index contributed by atoms with van der Waals surface area (Å²) < 4.78 is 0. The van der Waals surface area contributed by atoms with Gasteiger partial charge in [-0.05, 0) is 29.4 Å². The van der Waals surface area contributed by atoms with Crippen LogP contribution >= 0.6 is 0 Å². The third kappa shape index (κ3) is 5.75. The summed E-state index contributed by atoms with van der Waals surface area (Å²) in [5, 5.41) is 0. The predicted octanol–water partition coefficient (Wildman–Crippen LogP) is 4.66. The first-order chi connectivity index (χ1) is 9.56. The molecule has 0 spiro atoms. The van der Waals surface area contributed by atoms with Crippen LogP contribution in [0.2, 0.25) is 0 Å². The molecule has 0 heterocycles. The van der Waals surface area contributed by atoms with Gasteiger partial charge in [0.25, 0.3) is 0 Å². The van der Waals surface area contributed by atoms with Crippen molar-refractivity contribution in [2.45, 2.75) is 33.1 Å². The van der Waals surface area contributed by atoms with E-state index >= 15 is 0 Å². The molecule has 1 aromatic carbocycles. The van der Waals surface area contributed by atoms with E-state index in [1.807, 2.05) is 12.2 Å². The van der Waals surface area contributed by atoms with Crippen molar-refractivity contribution >= 4 is 0 Å². The van der Waals surface area contributed by atoms with Gasteiger partial charge in [0, 0.05) is 19.6 Å². The number of hydrogen-bond donors (Lipinski definition) is 0. The predicted molar refractivity (Wildman–Crippen MR) is 90.2 cm³/mol. The van der Waals surface area contributed by atoms with Crippen LogP contribution in [0.3, 0.4) is 0 Å². The molecule has 0 aliphatic rings. The second-order valence-corrected chi connectivity index (χ2v) is 6.00. The summed E-state index contributed by atoms with van der Waals surface area (Å²) in [6.07, 6.45) is 5.06. The Morgan fingerprint density at radius 3 is 2.00 bits per heavy atom. The Hall–Kier alpha value is -1.34. The number of rotatable bonds is 9. The van der Waals surface area contributed by atoms with Crippen molar-refractivity contribution in [1.29, 1.82) is 0 Å². The second kappa shape index (κ2) is 8.76. The lowest BCUT2D eigenvalue weighted by Crippen LogP contribution is -2.29. The zero-order valence-electron chi connectivity index (χ0n) is 13.3. The van der Waals surface area contributed by atoms with Gasteiger partial charge in [-0.1, -0.05) is 57.2 Å². The van der Waals surface area contributed by atoms with E-state index in [9.17, 15) is 0 Å². The van der Waals surface area contributed by atoms with Crippen molar-refractivity contribution in [2.24, 2.45) is 5.92 Å². The lowest BCUT2D eigenvalue weighted by molar-refractivity contribution is 0.284. The summed E-state index contributed by atoms with van der Waals surface area (Å²) in [6, 6.07) is 9.07. The van der Waals surface area contributed by atoms with Crippen LogP contribution in [-0.4, -0.2) is 24.5 Å². The Labute approximate surface area is 125 Å². The lowest BCUT2D eigenvalue weighted by atomic mass is 9.97. The molecule has 1 aromatic rings. The lowest BCUT2D eigenvalue weighted by Gasteiger charge is -2.23. The maximum atomic E-state index is 3.82. The van der Waals surface area contributed by atoms with E-state index in [-0.39, 0.29) is 0 Å². The van der Waals surface area contributed by atoms with Crippen molar-refractivity contribution in [1.82, 2.24) is 4.90 Å². The zero-order valence-corrected chi connectivity index (χ0v) is 13.3. The summed E-state index contributed by atoms with van der Waals surface area (Å²) in [6.45, 7) is 17.4. The molecule has 0 N–H and O–H groups in total. The minimum atomic E-state index is 0.608.